The van der Waals surface area contributed by atoms with Crippen LogP contribution in [0.25, 0.3) is 0 Å². The lowest BCUT2D eigenvalue weighted by Gasteiger charge is -2.41. The van der Waals surface area contributed by atoms with E-state index < -0.39 is 75.7 Å². The molecule has 62 heavy (non-hydrogen) atoms. The third-order valence-corrected chi connectivity index (χ3v) is 12.8. The Kier molecular flexibility index (Phi) is 36.7. The molecule has 6 N–H and O–H groups in total. The summed E-state index contributed by atoms with van der Waals surface area (Å²) in [6, 6.07) is 0. The van der Waals surface area contributed by atoms with Crippen LogP contribution >= 0.6 is 7.82 Å². The van der Waals surface area contributed by atoms with Gasteiger partial charge in [0.05, 0.1) is 6.61 Å². The predicted molar refractivity (Wildman–Crippen MR) is 244 cm³/mol. The first-order chi connectivity index (χ1) is 29.9. The predicted octanol–water partition coefficient (Wildman–Crippen LogP) is 10.2. The van der Waals surface area contributed by atoms with Crippen molar-refractivity contribution in [2.75, 3.05) is 13.2 Å². The van der Waals surface area contributed by atoms with Crippen LogP contribution in [0.5, 0.6) is 0 Å². The Labute approximate surface area is 375 Å². The number of allylic oxidation sites excluding steroid dienone is 2. The fourth-order valence-electron chi connectivity index (χ4n) is 7.81. The maximum absolute atomic E-state index is 12.8. The van der Waals surface area contributed by atoms with Crippen molar-refractivity contribution < 1.29 is 63.1 Å². The summed E-state index contributed by atoms with van der Waals surface area (Å²) in [5, 5.41) is 50.2. The Bertz CT molecular complexity index is 1140. The van der Waals surface area contributed by atoms with Crippen molar-refractivity contribution >= 4 is 19.8 Å². The molecular weight excluding hydrogens is 815 g/mol. The van der Waals surface area contributed by atoms with Gasteiger partial charge in [-0.15, -0.1) is 0 Å². The lowest BCUT2D eigenvalue weighted by Crippen LogP contribution is -2.64. The van der Waals surface area contributed by atoms with Crippen LogP contribution in [-0.4, -0.2) is 98.3 Å². The number of phosphoric ester groups is 1. The molecule has 0 spiro atoms. The molecule has 0 radical (unpaired) electrons. The molecule has 0 saturated heterocycles. The highest BCUT2D eigenvalue weighted by molar-refractivity contribution is 7.47. The first-order valence-corrected chi connectivity index (χ1v) is 26.5. The molecule has 366 valence electrons. The SMILES string of the molecule is CCCCCCCC/C=C\CCCCCCCC(=O)OC[C@H](COP(=O)(O)OC1C(O)C(O)C(O)[C@@H](O)C1O)OC(=O)CCCCCCCCCCCCCCCCCCCC. The zero-order chi connectivity index (χ0) is 45.7. The van der Waals surface area contributed by atoms with Crippen LogP contribution in [0, 0.1) is 0 Å². The number of hydrogen-bond donors (Lipinski definition) is 6. The van der Waals surface area contributed by atoms with Gasteiger partial charge in [0.25, 0.3) is 0 Å². The number of aliphatic hydroxyl groups excluding tert-OH is 5. The lowest BCUT2D eigenvalue weighted by molar-refractivity contribution is -0.220. The Morgan fingerprint density at radius 2 is 0.823 bits per heavy atom. The van der Waals surface area contributed by atoms with Crippen LogP contribution in [0.15, 0.2) is 12.2 Å². The van der Waals surface area contributed by atoms with Crippen LogP contribution in [-0.2, 0) is 32.7 Å². The van der Waals surface area contributed by atoms with E-state index >= 15 is 0 Å². The summed E-state index contributed by atoms with van der Waals surface area (Å²) in [4.78, 5) is 35.8. The van der Waals surface area contributed by atoms with E-state index in [0.29, 0.717) is 12.8 Å². The Morgan fingerprint density at radius 3 is 1.23 bits per heavy atom. The summed E-state index contributed by atoms with van der Waals surface area (Å²) in [6.07, 6.45) is 28.3. The lowest BCUT2D eigenvalue weighted by atomic mass is 9.85. The van der Waals surface area contributed by atoms with E-state index in [-0.39, 0.29) is 12.8 Å². The third-order valence-electron chi connectivity index (χ3n) is 11.9. The maximum Gasteiger partial charge on any atom is 0.472 e. The monoisotopic (exact) mass is 907 g/mol. The molecule has 0 aromatic carbocycles. The van der Waals surface area contributed by atoms with Crippen LogP contribution in [0.3, 0.4) is 0 Å². The van der Waals surface area contributed by atoms with Crippen LogP contribution < -0.4 is 0 Å². The largest absolute Gasteiger partial charge is 0.472 e. The second kappa shape index (κ2) is 38.8. The molecule has 0 bridgehead atoms. The number of hydrogen-bond acceptors (Lipinski definition) is 12. The molecule has 1 rings (SSSR count). The molecule has 8 atom stereocenters. The number of carbonyl (C=O) groups is 2. The summed E-state index contributed by atoms with van der Waals surface area (Å²) in [7, 11) is -5.12. The van der Waals surface area contributed by atoms with Crippen LogP contribution in [0.4, 0.5) is 0 Å². The minimum atomic E-state index is -5.12. The van der Waals surface area contributed by atoms with E-state index in [4.69, 9.17) is 18.5 Å². The topological polar surface area (TPSA) is 210 Å². The maximum atomic E-state index is 12.8. The number of ether oxygens (including phenoxy) is 2. The van der Waals surface area contributed by atoms with E-state index in [1.807, 2.05) is 0 Å². The molecule has 1 aliphatic carbocycles. The number of unbranched alkanes of at least 4 members (excludes halogenated alkanes) is 28. The second-order valence-corrected chi connectivity index (χ2v) is 19.1. The smallest absolute Gasteiger partial charge is 0.462 e. The minimum absolute atomic E-state index is 0.101. The van der Waals surface area contributed by atoms with Gasteiger partial charge in [0.15, 0.2) is 6.10 Å². The Hall–Kier alpha value is -1.41. The number of aliphatic hydroxyl groups is 5. The van der Waals surface area contributed by atoms with Gasteiger partial charge >= 0.3 is 19.8 Å². The van der Waals surface area contributed by atoms with Crippen molar-refractivity contribution in [2.45, 2.75) is 268 Å². The van der Waals surface area contributed by atoms with E-state index in [1.165, 1.54) is 128 Å². The van der Waals surface area contributed by atoms with Gasteiger partial charge in [-0.25, -0.2) is 4.57 Å². The minimum Gasteiger partial charge on any atom is -0.462 e. The fraction of sp³-hybridized carbons (Fsp3) is 0.917. The summed E-state index contributed by atoms with van der Waals surface area (Å²) >= 11 is 0. The van der Waals surface area contributed by atoms with Gasteiger partial charge in [-0.2, -0.15) is 0 Å². The molecule has 1 fully saturated rings. The van der Waals surface area contributed by atoms with Crippen molar-refractivity contribution in [3.8, 4) is 0 Å². The van der Waals surface area contributed by atoms with Crippen molar-refractivity contribution in [3.63, 3.8) is 0 Å². The first-order valence-electron chi connectivity index (χ1n) is 25.0. The van der Waals surface area contributed by atoms with Crippen molar-refractivity contribution in [3.05, 3.63) is 12.2 Å². The van der Waals surface area contributed by atoms with Gasteiger partial charge in [0.1, 0.15) is 43.2 Å². The highest BCUT2D eigenvalue weighted by Crippen LogP contribution is 2.47. The third kappa shape index (κ3) is 30.7. The molecular formula is C48H91O13P. The normalized spacial score (nSPS) is 21.9. The quantitative estimate of drug-likeness (QED) is 0.0146. The van der Waals surface area contributed by atoms with E-state index in [2.05, 4.69) is 26.0 Å². The number of esters is 2. The molecule has 6 unspecified atom stereocenters. The molecule has 0 aliphatic heterocycles. The van der Waals surface area contributed by atoms with Crippen molar-refractivity contribution in [1.29, 1.82) is 0 Å². The van der Waals surface area contributed by atoms with Gasteiger partial charge in [-0.05, 0) is 38.5 Å². The zero-order valence-electron chi connectivity index (χ0n) is 38.9. The standard InChI is InChI=1S/C48H91O13P/c1-3-5-7-9-11-13-15-17-19-20-21-23-25-27-29-31-33-35-37-42(50)60-40(39-59-62(56,57)61-48-46(54)44(52)43(51)45(53)47(48)55)38-58-41(49)36-34-32-30-28-26-24-22-18-16-14-12-10-8-6-4-2/h18,22,40,43-48,51-55H,3-17,19-21,23-39H2,1-2H3,(H,56,57)/b22-18-/t40-,43?,44-,45?,46?,47?,48?/m1/s1. The highest BCUT2D eigenvalue weighted by atomic mass is 31.2. The van der Waals surface area contributed by atoms with Crippen molar-refractivity contribution in [2.24, 2.45) is 0 Å². The van der Waals surface area contributed by atoms with Crippen LogP contribution in [0.1, 0.15) is 226 Å². The van der Waals surface area contributed by atoms with Gasteiger partial charge in [0.2, 0.25) is 0 Å². The molecule has 0 amide bonds. The Balaban J connectivity index is 2.41. The van der Waals surface area contributed by atoms with E-state index in [9.17, 15) is 44.6 Å². The molecule has 13 nitrogen and oxygen atoms in total. The summed E-state index contributed by atoms with van der Waals surface area (Å²) in [5.41, 5.74) is 0. The van der Waals surface area contributed by atoms with E-state index in [0.717, 1.165) is 57.8 Å². The molecule has 14 heteroatoms. The molecule has 0 heterocycles. The van der Waals surface area contributed by atoms with E-state index in [1.54, 1.807) is 0 Å². The van der Waals surface area contributed by atoms with Crippen molar-refractivity contribution in [1.82, 2.24) is 0 Å². The summed E-state index contributed by atoms with van der Waals surface area (Å²) in [5.74, 6) is -1.10. The Morgan fingerprint density at radius 1 is 0.484 bits per heavy atom. The molecule has 0 aromatic rings. The average molecular weight is 907 g/mol. The molecule has 1 saturated carbocycles. The average Bonchev–Trinajstić information content (AvgIpc) is 3.25. The number of rotatable bonds is 42. The number of phosphoric acid groups is 1. The van der Waals surface area contributed by atoms with Gasteiger partial charge < -0.3 is 39.9 Å². The second-order valence-electron chi connectivity index (χ2n) is 17.7. The molecule has 0 aromatic heterocycles. The fourth-order valence-corrected chi connectivity index (χ4v) is 8.79. The summed E-state index contributed by atoms with van der Waals surface area (Å²) in [6.45, 7) is 3.32. The van der Waals surface area contributed by atoms with Gasteiger partial charge in [-0.3, -0.25) is 18.6 Å². The summed E-state index contributed by atoms with van der Waals surface area (Å²) < 4.78 is 33.6. The van der Waals surface area contributed by atoms with Crippen LogP contribution in [0.2, 0.25) is 0 Å². The number of carbonyl (C=O) groups excluding carboxylic acids is 2. The zero-order valence-corrected chi connectivity index (χ0v) is 39.8. The molecule has 1 aliphatic rings. The van der Waals surface area contributed by atoms with Gasteiger partial charge in [-0.1, -0.05) is 187 Å². The first kappa shape index (κ1) is 58.6. The van der Waals surface area contributed by atoms with Gasteiger partial charge in [0, 0.05) is 12.8 Å². The highest BCUT2D eigenvalue weighted by Gasteiger charge is 2.51.